The molecule has 0 saturated heterocycles. The molecule has 2 aromatic rings. The van der Waals surface area contributed by atoms with E-state index in [1.165, 1.54) is 0 Å². The van der Waals surface area contributed by atoms with Crippen molar-refractivity contribution in [1.29, 1.82) is 0 Å². The topological polar surface area (TPSA) is 59.5 Å². The molecule has 0 radical (unpaired) electrons. The lowest BCUT2D eigenvalue weighted by molar-refractivity contribution is -0.118. The highest BCUT2D eigenvalue weighted by Gasteiger charge is 2.14. The van der Waals surface area contributed by atoms with E-state index >= 15 is 0 Å². The molecule has 0 aliphatic heterocycles. The van der Waals surface area contributed by atoms with E-state index in [1.54, 1.807) is 11.2 Å². The van der Waals surface area contributed by atoms with Gasteiger partial charge in [-0.1, -0.05) is 6.07 Å². The Morgan fingerprint density at radius 1 is 1.32 bits per heavy atom. The largest absolute Gasteiger partial charge is 0.469 e. The van der Waals surface area contributed by atoms with Gasteiger partial charge in [-0.3, -0.25) is 4.79 Å². The monoisotopic (exact) mass is 258 g/mol. The Labute approximate surface area is 112 Å². The predicted molar refractivity (Wildman–Crippen MR) is 75.9 cm³/mol. The summed E-state index contributed by atoms with van der Waals surface area (Å²) in [6.45, 7) is 2.58. The van der Waals surface area contributed by atoms with Crippen molar-refractivity contribution < 1.29 is 9.21 Å². The summed E-state index contributed by atoms with van der Waals surface area (Å²) in [4.78, 5) is 14.0. The lowest BCUT2D eigenvalue weighted by atomic mass is 10.2. The molecule has 2 N–H and O–H groups in total. The van der Waals surface area contributed by atoms with Crippen molar-refractivity contribution in [3.05, 3.63) is 48.4 Å². The van der Waals surface area contributed by atoms with Crippen LogP contribution in [0.1, 0.15) is 19.1 Å². The first-order valence-corrected chi connectivity index (χ1v) is 6.39. The molecule has 0 bridgehead atoms. The fourth-order valence-corrected chi connectivity index (χ4v) is 2.02. The fraction of sp³-hybridized carbons (Fsp3) is 0.267. The minimum atomic E-state index is 0.0736. The lowest BCUT2D eigenvalue weighted by Crippen LogP contribution is -2.30. The van der Waals surface area contributed by atoms with Crippen LogP contribution in [0.3, 0.4) is 0 Å². The fourth-order valence-electron chi connectivity index (χ4n) is 2.02. The molecule has 0 saturated carbocycles. The van der Waals surface area contributed by atoms with E-state index in [0.717, 1.165) is 11.4 Å². The van der Waals surface area contributed by atoms with Crippen molar-refractivity contribution in [3.8, 4) is 0 Å². The summed E-state index contributed by atoms with van der Waals surface area (Å²) >= 11 is 0. The number of furan rings is 1. The summed E-state index contributed by atoms with van der Waals surface area (Å²) in [7, 11) is 0. The van der Waals surface area contributed by atoms with Gasteiger partial charge in [-0.05, 0) is 37.3 Å². The summed E-state index contributed by atoms with van der Waals surface area (Å²) in [5, 5.41) is 0. The van der Waals surface area contributed by atoms with Gasteiger partial charge in [0.2, 0.25) is 5.91 Å². The smallest absolute Gasteiger partial charge is 0.227 e. The van der Waals surface area contributed by atoms with Gasteiger partial charge in [0.1, 0.15) is 5.76 Å². The van der Waals surface area contributed by atoms with Gasteiger partial charge in [0, 0.05) is 30.8 Å². The van der Waals surface area contributed by atoms with Gasteiger partial charge in [-0.2, -0.15) is 0 Å². The minimum Gasteiger partial charge on any atom is -0.469 e. The number of amides is 1. The van der Waals surface area contributed by atoms with E-state index in [4.69, 9.17) is 10.2 Å². The number of carbonyl (C=O) groups excluding carboxylic acids is 1. The Hall–Kier alpha value is -2.23. The van der Waals surface area contributed by atoms with Crippen LogP contribution in [0.4, 0.5) is 11.4 Å². The highest BCUT2D eigenvalue weighted by atomic mass is 16.3. The average Bonchev–Trinajstić information content (AvgIpc) is 2.90. The Kier molecular flexibility index (Phi) is 4.23. The van der Waals surface area contributed by atoms with Crippen molar-refractivity contribution in [2.45, 2.75) is 19.8 Å². The van der Waals surface area contributed by atoms with Crippen LogP contribution in [0, 0.1) is 0 Å². The molecular formula is C15H18N2O2. The molecule has 0 unspecified atom stereocenters. The van der Waals surface area contributed by atoms with E-state index in [-0.39, 0.29) is 5.91 Å². The zero-order valence-corrected chi connectivity index (χ0v) is 11.0. The van der Waals surface area contributed by atoms with E-state index < -0.39 is 0 Å². The molecule has 0 aliphatic carbocycles. The number of nitrogens with two attached hydrogens (primary N) is 1. The molecule has 1 heterocycles. The van der Waals surface area contributed by atoms with Gasteiger partial charge in [-0.15, -0.1) is 0 Å². The van der Waals surface area contributed by atoms with Crippen LogP contribution in [0.2, 0.25) is 0 Å². The minimum absolute atomic E-state index is 0.0736. The van der Waals surface area contributed by atoms with Crippen molar-refractivity contribution in [2.75, 3.05) is 17.2 Å². The van der Waals surface area contributed by atoms with Gasteiger partial charge in [-0.25, -0.2) is 0 Å². The number of hydrogen-bond acceptors (Lipinski definition) is 3. The number of carbonyl (C=O) groups is 1. The van der Waals surface area contributed by atoms with Crippen molar-refractivity contribution in [1.82, 2.24) is 0 Å². The maximum atomic E-state index is 12.2. The van der Waals surface area contributed by atoms with E-state index in [1.807, 2.05) is 43.3 Å². The van der Waals surface area contributed by atoms with Crippen LogP contribution >= 0.6 is 0 Å². The predicted octanol–water partition coefficient (Wildman–Crippen LogP) is 2.85. The third-order valence-electron chi connectivity index (χ3n) is 2.96. The molecule has 100 valence electrons. The molecule has 0 atom stereocenters. The maximum absolute atomic E-state index is 12.2. The lowest BCUT2D eigenvalue weighted by Gasteiger charge is -2.21. The number of benzene rings is 1. The van der Waals surface area contributed by atoms with Crippen LogP contribution in [0.5, 0.6) is 0 Å². The molecular weight excluding hydrogens is 240 g/mol. The van der Waals surface area contributed by atoms with Crippen LogP contribution in [-0.2, 0) is 11.2 Å². The van der Waals surface area contributed by atoms with E-state index in [2.05, 4.69) is 0 Å². The third kappa shape index (κ3) is 3.37. The second kappa shape index (κ2) is 6.09. The quantitative estimate of drug-likeness (QED) is 0.839. The molecule has 1 aromatic heterocycles. The summed E-state index contributed by atoms with van der Waals surface area (Å²) in [5.74, 6) is 0.904. The van der Waals surface area contributed by atoms with Crippen LogP contribution in [0.25, 0.3) is 0 Å². The van der Waals surface area contributed by atoms with Crippen molar-refractivity contribution in [3.63, 3.8) is 0 Å². The van der Waals surface area contributed by atoms with Gasteiger partial charge in [0.15, 0.2) is 0 Å². The molecule has 1 aromatic carbocycles. The van der Waals surface area contributed by atoms with Crippen LogP contribution in [-0.4, -0.2) is 12.5 Å². The zero-order chi connectivity index (χ0) is 13.7. The van der Waals surface area contributed by atoms with Gasteiger partial charge >= 0.3 is 0 Å². The molecule has 0 aliphatic rings. The number of aryl methyl sites for hydroxylation is 1. The van der Waals surface area contributed by atoms with Crippen LogP contribution < -0.4 is 10.6 Å². The maximum Gasteiger partial charge on any atom is 0.227 e. The second-order valence-electron chi connectivity index (χ2n) is 4.31. The second-order valence-corrected chi connectivity index (χ2v) is 4.31. The number of nitrogen functional groups attached to an aromatic ring is 1. The molecule has 2 rings (SSSR count). The standard InChI is InChI=1S/C15H18N2O2/c1-2-17(13-6-3-5-12(16)11-13)15(18)9-8-14-7-4-10-19-14/h3-7,10-11H,2,8-9,16H2,1H3. The van der Waals surface area contributed by atoms with E-state index in [9.17, 15) is 4.79 Å². The summed E-state index contributed by atoms with van der Waals surface area (Å²) in [5.41, 5.74) is 7.25. The first-order chi connectivity index (χ1) is 9.20. The van der Waals surface area contributed by atoms with Crippen LogP contribution in [0.15, 0.2) is 47.1 Å². The first kappa shape index (κ1) is 13.2. The van der Waals surface area contributed by atoms with Crippen molar-refractivity contribution >= 4 is 17.3 Å². The number of rotatable bonds is 5. The SMILES string of the molecule is CCN(C(=O)CCc1ccco1)c1cccc(N)c1. The molecule has 19 heavy (non-hydrogen) atoms. The Bertz CT molecular complexity index is 535. The molecule has 0 fully saturated rings. The molecule has 4 nitrogen and oxygen atoms in total. The van der Waals surface area contributed by atoms with Gasteiger partial charge in [0.25, 0.3) is 0 Å². The Morgan fingerprint density at radius 3 is 2.79 bits per heavy atom. The zero-order valence-electron chi connectivity index (χ0n) is 11.0. The molecule has 1 amide bonds. The number of nitrogens with zero attached hydrogens (tertiary/aromatic N) is 1. The summed E-state index contributed by atoms with van der Waals surface area (Å²) < 4.78 is 5.23. The Balaban J connectivity index is 2.02. The van der Waals surface area contributed by atoms with Gasteiger partial charge < -0.3 is 15.1 Å². The highest BCUT2D eigenvalue weighted by molar-refractivity contribution is 5.93. The first-order valence-electron chi connectivity index (χ1n) is 6.39. The average molecular weight is 258 g/mol. The molecule has 0 spiro atoms. The summed E-state index contributed by atoms with van der Waals surface area (Å²) in [6.07, 6.45) is 2.66. The van der Waals surface area contributed by atoms with Gasteiger partial charge in [0.05, 0.1) is 6.26 Å². The molecule has 4 heteroatoms. The number of anilines is 2. The summed E-state index contributed by atoms with van der Waals surface area (Å²) in [6, 6.07) is 11.1. The van der Waals surface area contributed by atoms with Crippen molar-refractivity contribution in [2.24, 2.45) is 0 Å². The Morgan fingerprint density at radius 2 is 2.16 bits per heavy atom. The third-order valence-corrected chi connectivity index (χ3v) is 2.96. The highest BCUT2D eigenvalue weighted by Crippen LogP contribution is 2.18. The number of hydrogen-bond donors (Lipinski definition) is 1. The van der Waals surface area contributed by atoms with E-state index in [0.29, 0.717) is 25.1 Å². The normalized spacial score (nSPS) is 10.4.